The highest BCUT2D eigenvalue weighted by Gasteiger charge is 2.53. The molecule has 224 valence electrons. The van der Waals surface area contributed by atoms with Gasteiger partial charge >= 0.3 is 0 Å². The van der Waals surface area contributed by atoms with Gasteiger partial charge in [-0.05, 0) is 31.6 Å². The first kappa shape index (κ1) is 36.9. The summed E-state index contributed by atoms with van der Waals surface area (Å²) in [6.07, 6.45) is 31.5. The summed E-state index contributed by atoms with van der Waals surface area (Å²) in [5, 5.41) is 23.0. The summed E-state index contributed by atoms with van der Waals surface area (Å²) in [5.74, 6) is 0.107. The van der Waals surface area contributed by atoms with Crippen molar-refractivity contribution in [2.75, 3.05) is 0 Å². The Morgan fingerprint density at radius 2 is 0.784 bits per heavy atom. The van der Waals surface area contributed by atoms with Gasteiger partial charge in [0.1, 0.15) is 5.60 Å². The second kappa shape index (κ2) is 23.7. The van der Waals surface area contributed by atoms with E-state index in [1.165, 1.54) is 122 Å². The second-order valence-electron chi connectivity index (χ2n) is 12.2. The number of rotatable bonds is 28. The van der Waals surface area contributed by atoms with Crippen LogP contribution in [0.15, 0.2) is 0 Å². The summed E-state index contributed by atoms with van der Waals surface area (Å²) < 4.78 is 0. The maximum atomic E-state index is 11.6. The van der Waals surface area contributed by atoms with E-state index in [9.17, 15) is 10.2 Å². The molecule has 0 saturated heterocycles. The molecule has 0 aliphatic rings. The van der Waals surface area contributed by atoms with E-state index < -0.39 is 11.2 Å². The molecule has 0 fully saturated rings. The summed E-state index contributed by atoms with van der Waals surface area (Å²) in [4.78, 5) is 0. The number of nitrogens with two attached hydrogens (primary N) is 1. The minimum atomic E-state index is -1.20. The normalized spacial score (nSPS) is 16.9. The highest BCUT2D eigenvalue weighted by molar-refractivity contribution is 5.07. The van der Waals surface area contributed by atoms with Gasteiger partial charge in [0.25, 0.3) is 0 Å². The monoisotopic (exact) mass is 526 g/mol. The quantitative estimate of drug-likeness (QED) is 0.0890. The van der Waals surface area contributed by atoms with Gasteiger partial charge in [-0.3, -0.25) is 0 Å². The van der Waals surface area contributed by atoms with E-state index in [0.717, 1.165) is 19.3 Å². The Labute approximate surface area is 234 Å². The third-order valence-electron chi connectivity index (χ3n) is 9.46. The molecular formula is C34H71NO2. The van der Waals surface area contributed by atoms with Crippen molar-refractivity contribution in [3.63, 3.8) is 0 Å². The minimum Gasteiger partial charge on any atom is -0.387 e. The van der Waals surface area contributed by atoms with Crippen LogP contribution in [0.3, 0.4) is 0 Å². The summed E-state index contributed by atoms with van der Waals surface area (Å²) in [6.45, 7) is 10.4. The highest BCUT2D eigenvalue weighted by atomic mass is 16.4. The molecule has 0 heterocycles. The molecule has 37 heavy (non-hydrogen) atoms. The Kier molecular flexibility index (Phi) is 23.7. The molecule has 4 N–H and O–H groups in total. The van der Waals surface area contributed by atoms with Crippen LogP contribution in [-0.4, -0.2) is 27.5 Å². The van der Waals surface area contributed by atoms with Crippen molar-refractivity contribution in [1.29, 1.82) is 0 Å². The Hall–Kier alpha value is -0.120. The average molecular weight is 526 g/mol. The van der Waals surface area contributed by atoms with Gasteiger partial charge in [0.15, 0.2) is 0 Å². The molecule has 0 rings (SSSR count). The van der Waals surface area contributed by atoms with E-state index in [0.29, 0.717) is 19.3 Å². The van der Waals surface area contributed by atoms with Crippen molar-refractivity contribution in [3.05, 3.63) is 0 Å². The largest absolute Gasteiger partial charge is 0.387 e. The first-order chi connectivity index (χ1) is 17.9. The predicted octanol–water partition coefficient (Wildman–Crippen LogP) is 10.2. The van der Waals surface area contributed by atoms with Crippen molar-refractivity contribution in [3.8, 4) is 0 Å². The van der Waals surface area contributed by atoms with E-state index in [4.69, 9.17) is 5.73 Å². The van der Waals surface area contributed by atoms with Gasteiger partial charge < -0.3 is 15.9 Å². The summed E-state index contributed by atoms with van der Waals surface area (Å²) in [5.41, 5.74) is 4.01. The third kappa shape index (κ3) is 14.7. The molecule has 0 saturated carbocycles. The fraction of sp³-hybridized carbons (Fsp3) is 1.00. The Bertz CT molecular complexity index is 484. The van der Waals surface area contributed by atoms with Crippen LogP contribution in [0.5, 0.6) is 0 Å². The lowest BCUT2D eigenvalue weighted by atomic mass is 9.65. The van der Waals surface area contributed by atoms with Gasteiger partial charge in [0.05, 0.1) is 5.60 Å². The topological polar surface area (TPSA) is 66.5 Å². The van der Waals surface area contributed by atoms with Gasteiger partial charge in [0, 0.05) is 6.04 Å². The van der Waals surface area contributed by atoms with Gasteiger partial charge in [0.2, 0.25) is 0 Å². The molecule has 0 spiro atoms. The summed E-state index contributed by atoms with van der Waals surface area (Å²) in [6, 6.07) is -0.383. The van der Waals surface area contributed by atoms with Crippen LogP contribution in [0.2, 0.25) is 0 Å². The van der Waals surface area contributed by atoms with Gasteiger partial charge in [-0.15, -0.1) is 0 Å². The van der Waals surface area contributed by atoms with Crippen LogP contribution in [0.25, 0.3) is 0 Å². The van der Waals surface area contributed by atoms with Crippen molar-refractivity contribution >= 4 is 0 Å². The van der Waals surface area contributed by atoms with E-state index in [2.05, 4.69) is 13.8 Å². The summed E-state index contributed by atoms with van der Waals surface area (Å²) in [7, 11) is 0. The molecule has 0 aromatic heterocycles. The van der Waals surface area contributed by atoms with Gasteiger partial charge in [-0.2, -0.15) is 0 Å². The molecule has 3 nitrogen and oxygen atoms in total. The van der Waals surface area contributed by atoms with Gasteiger partial charge in [-0.1, -0.05) is 169 Å². The van der Waals surface area contributed by atoms with Crippen molar-refractivity contribution < 1.29 is 10.2 Å². The molecule has 0 aliphatic heterocycles. The SMILES string of the molecule is CCCCCCCCCCCCCCCCCCCCCCC(CC)C(O)(CC)C(O)(CC)C(N)CC. The number of aliphatic hydroxyl groups is 2. The molecule has 0 bridgehead atoms. The zero-order chi connectivity index (χ0) is 27.8. The molecule has 0 aliphatic carbocycles. The van der Waals surface area contributed by atoms with E-state index in [1.54, 1.807) is 0 Å². The van der Waals surface area contributed by atoms with Crippen molar-refractivity contribution in [2.24, 2.45) is 11.7 Å². The highest BCUT2D eigenvalue weighted by Crippen LogP contribution is 2.42. The molecule has 4 atom stereocenters. The lowest BCUT2D eigenvalue weighted by Crippen LogP contribution is -2.66. The third-order valence-corrected chi connectivity index (χ3v) is 9.46. The maximum Gasteiger partial charge on any atom is 0.108 e. The summed E-state index contributed by atoms with van der Waals surface area (Å²) >= 11 is 0. The lowest BCUT2D eigenvalue weighted by molar-refractivity contribution is -0.198. The minimum absolute atomic E-state index is 0.107. The smallest absolute Gasteiger partial charge is 0.108 e. The molecule has 0 aromatic rings. The number of unbranched alkanes of at least 4 members (excludes halogenated alkanes) is 19. The van der Waals surface area contributed by atoms with Crippen molar-refractivity contribution in [2.45, 2.75) is 212 Å². The van der Waals surface area contributed by atoms with Crippen LogP contribution in [0, 0.1) is 5.92 Å². The molecule has 0 radical (unpaired) electrons. The number of hydrogen-bond acceptors (Lipinski definition) is 3. The maximum absolute atomic E-state index is 11.6. The molecule has 3 heteroatoms. The molecule has 0 amide bonds. The van der Waals surface area contributed by atoms with E-state index >= 15 is 0 Å². The van der Waals surface area contributed by atoms with E-state index in [-0.39, 0.29) is 12.0 Å². The van der Waals surface area contributed by atoms with Crippen LogP contribution in [0.4, 0.5) is 0 Å². The Balaban J connectivity index is 3.78. The second-order valence-corrected chi connectivity index (χ2v) is 12.2. The first-order valence-electron chi connectivity index (χ1n) is 17.1. The van der Waals surface area contributed by atoms with Crippen LogP contribution in [0.1, 0.15) is 195 Å². The predicted molar refractivity (Wildman–Crippen MR) is 165 cm³/mol. The molecular weight excluding hydrogens is 454 g/mol. The molecule has 4 unspecified atom stereocenters. The molecule has 0 aromatic carbocycles. The Morgan fingerprint density at radius 1 is 0.459 bits per heavy atom. The fourth-order valence-electron chi connectivity index (χ4n) is 6.60. The Morgan fingerprint density at radius 3 is 1.05 bits per heavy atom. The number of hydrogen-bond donors (Lipinski definition) is 3. The van der Waals surface area contributed by atoms with Crippen LogP contribution >= 0.6 is 0 Å². The van der Waals surface area contributed by atoms with Gasteiger partial charge in [-0.25, -0.2) is 0 Å². The fourth-order valence-corrected chi connectivity index (χ4v) is 6.60. The standard InChI is InChI=1S/C34H71NO2/c1-6-11-12-13-14-15-16-17-18-19-20-21-22-23-24-25-26-27-28-29-30-31(7-2)33(36,9-4)34(37,10-5)32(35)8-3/h31-32,36-37H,6-30,35H2,1-5H3. The van der Waals surface area contributed by atoms with Crippen molar-refractivity contribution in [1.82, 2.24) is 0 Å². The van der Waals surface area contributed by atoms with Crippen LogP contribution < -0.4 is 5.73 Å². The first-order valence-corrected chi connectivity index (χ1v) is 17.1. The van der Waals surface area contributed by atoms with Crippen LogP contribution in [-0.2, 0) is 0 Å². The average Bonchev–Trinajstić information content (AvgIpc) is 2.92. The lowest BCUT2D eigenvalue weighted by Gasteiger charge is -2.50. The van der Waals surface area contributed by atoms with E-state index in [1.807, 2.05) is 20.8 Å². The zero-order valence-electron chi connectivity index (χ0n) is 26.3. The zero-order valence-corrected chi connectivity index (χ0v) is 26.3.